The zero-order chi connectivity index (χ0) is 12.8. The van der Waals surface area contributed by atoms with E-state index in [1.165, 1.54) is 0 Å². The van der Waals surface area contributed by atoms with Crippen molar-refractivity contribution >= 4 is 17.3 Å². The number of nitrogens with one attached hydrogen (secondary N) is 2. The quantitative estimate of drug-likeness (QED) is 0.861. The molecular formula is C15H16N2O. The van der Waals surface area contributed by atoms with E-state index in [4.69, 9.17) is 0 Å². The van der Waals surface area contributed by atoms with Crippen LogP contribution in [-0.2, 0) is 0 Å². The van der Waals surface area contributed by atoms with Crippen molar-refractivity contribution in [3.63, 3.8) is 0 Å². The second-order valence-corrected chi connectivity index (χ2v) is 3.93. The first-order valence-electron chi connectivity index (χ1n) is 6.00. The third kappa shape index (κ3) is 3.10. The van der Waals surface area contributed by atoms with E-state index < -0.39 is 0 Å². The highest BCUT2D eigenvalue weighted by Gasteiger charge is 2.04. The maximum atomic E-state index is 11.7. The van der Waals surface area contributed by atoms with Crippen LogP contribution in [0.5, 0.6) is 0 Å². The molecule has 0 saturated carbocycles. The predicted molar refractivity (Wildman–Crippen MR) is 74.2 cm³/mol. The highest BCUT2D eigenvalue weighted by molar-refractivity contribution is 5.95. The van der Waals surface area contributed by atoms with Gasteiger partial charge in [-0.05, 0) is 37.3 Å². The Morgan fingerprint density at radius 2 is 1.72 bits per heavy atom. The van der Waals surface area contributed by atoms with Crippen LogP contribution in [0.15, 0.2) is 54.6 Å². The fraction of sp³-hybridized carbons (Fsp3) is 0.133. The van der Waals surface area contributed by atoms with Gasteiger partial charge in [-0.15, -0.1) is 0 Å². The van der Waals surface area contributed by atoms with Gasteiger partial charge in [0.1, 0.15) is 0 Å². The molecule has 0 bridgehead atoms. The molecule has 3 nitrogen and oxygen atoms in total. The number of hydrogen-bond donors (Lipinski definition) is 2. The molecule has 0 saturated heterocycles. The minimum absolute atomic E-state index is 0.0470. The van der Waals surface area contributed by atoms with Gasteiger partial charge >= 0.3 is 0 Å². The molecule has 0 unspecified atom stereocenters. The SMILES string of the molecule is CCNC(=O)c1cccc(Nc2ccccc2)c1. The molecule has 0 spiro atoms. The summed E-state index contributed by atoms with van der Waals surface area (Å²) in [4.78, 5) is 11.7. The van der Waals surface area contributed by atoms with Crippen LogP contribution in [0.25, 0.3) is 0 Å². The Balaban J connectivity index is 2.15. The van der Waals surface area contributed by atoms with Gasteiger partial charge in [-0.25, -0.2) is 0 Å². The number of hydrogen-bond acceptors (Lipinski definition) is 2. The van der Waals surface area contributed by atoms with Crippen molar-refractivity contribution < 1.29 is 4.79 Å². The van der Waals surface area contributed by atoms with Gasteiger partial charge in [-0.3, -0.25) is 4.79 Å². The van der Waals surface area contributed by atoms with E-state index in [0.717, 1.165) is 11.4 Å². The van der Waals surface area contributed by atoms with Crippen LogP contribution < -0.4 is 10.6 Å². The van der Waals surface area contributed by atoms with Crippen molar-refractivity contribution in [1.82, 2.24) is 5.32 Å². The van der Waals surface area contributed by atoms with Crippen molar-refractivity contribution in [3.05, 3.63) is 60.2 Å². The van der Waals surface area contributed by atoms with E-state index >= 15 is 0 Å². The topological polar surface area (TPSA) is 41.1 Å². The molecule has 0 heterocycles. The molecule has 2 rings (SSSR count). The molecular weight excluding hydrogens is 224 g/mol. The summed E-state index contributed by atoms with van der Waals surface area (Å²) in [5.41, 5.74) is 2.58. The maximum Gasteiger partial charge on any atom is 0.251 e. The molecule has 92 valence electrons. The number of carbonyl (C=O) groups excluding carboxylic acids is 1. The second kappa shape index (κ2) is 5.87. The monoisotopic (exact) mass is 240 g/mol. The minimum atomic E-state index is -0.0470. The van der Waals surface area contributed by atoms with Gasteiger partial charge in [0.25, 0.3) is 5.91 Å². The Hall–Kier alpha value is -2.29. The lowest BCUT2D eigenvalue weighted by atomic mass is 10.2. The van der Waals surface area contributed by atoms with Gasteiger partial charge in [0.15, 0.2) is 0 Å². The summed E-state index contributed by atoms with van der Waals surface area (Å²) < 4.78 is 0. The summed E-state index contributed by atoms with van der Waals surface area (Å²) in [6.45, 7) is 2.54. The number of para-hydroxylation sites is 1. The molecule has 2 aromatic rings. The fourth-order valence-corrected chi connectivity index (χ4v) is 1.69. The van der Waals surface area contributed by atoms with Crippen LogP contribution in [0.1, 0.15) is 17.3 Å². The Morgan fingerprint density at radius 1 is 1.00 bits per heavy atom. The van der Waals surface area contributed by atoms with E-state index in [1.54, 1.807) is 6.07 Å². The molecule has 1 amide bonds. The van der Waals surface area contributed by atoms with Crippen LogP contribution in [0.4, 0.5) is 11.4 Å². The normalized spacial score (nSPS) is 9.83. The van der Waals surface area contributed by atoms with E-state index in [9.17, 15) is 4.79 Å². The van der Waals surface area contributed by atoms with Crippen molar-refractivity contribution in [3.8, 4) is 0 Å². The minimum Gasteiger partial charge on any atom is -0.356 e. The number of anilines is 2. The summed E-state index contributed by atoms with van der Waals surface area (Å²) in [6.07, 6.45) is 0. The maximum absolute atomic E-state index is 11.7. The average Bonchev–Trinajstić information content (AvgIpc) is 2.40. The molecule has 0 aliphatic carbocycles. The van der Waals surface area contributed by atoms with Crippen LogP contribution in [0, 0.1) is 0 Å². The zero-order valence-electron chi connectivity index (χ0n) is 10.3. The zero-order valence-corrected chi connectivity index (χ0v) is 10.3. The number of amides is 1. The van der Waals surface area contributed by atoms with Gasteiger partial charge in [0.05, 0.1) is 0 Å². The number of carbonyl (C=O) groups is 1. The van der Waals surface area contributed by atoms with Crippen molar-refractivity contribution in [2.75, 3.05) is 11.9 Å². The van der Waals surface area contributed by atoms with E-state index in [1.807, 2.05) is 55.5 Å². The molecule has 0 fully saturated rings. The van der Waals surface area contributed by atoms with Gasteiger partial charge < -0.3 is 10.6 Å². The van der Waals surface area contributed by atoms with Gasteiger partial charge in [0, 0.05) is 23.5 Å². The molecule has 18 heavy (non-hydrogen) atoms. The Kier molecular flexibility index (Phi) is 3.97. The molecule has 3 heteroatoms. The molecule has 2 N–H and O–H groups in total. The highest BCUT2D eigenvalue weighted by Crippen LogP contribution is 2.17. The van der Waals surface area contributed by atoms with Gasteiger partial charge in [0.2, 0.25) is 0 Å². The highest BCUT2D eigenvalue weighted by atomic mass is 16.1. The Morgan fingerprint density at radius 3 is 2.44 bits per heavy atom. The fourth-order valence-electron chi connectivity index (χ4n) is 1.69. The van der Waals surface area contributed by atoms with Gasteiger partial charge in [-0.2, -0.15) is 0 Å². The number of rotatable bonds is 4. The summed E-state index contributed by atoms with van der Waals surface area (Å²) in [6, 6.07) is 17.3. The van der Waals surface area contributed by atoms with Gasteiger partial charge in [-0.1, -0.05) is 24.3 Å². The molecule has 0 aliphatic heterocycles. The first kappa shape index (κ1) is 12.2. The van der Waals surface area contributed by atoms with Crippen LogP contribution in [0.3, 0.4) is 0 Å². The van der Waals surface area contributed by atoms with Crippen LogP contribution in [0.2, 0.25) is 0 Å². The van der Waals surface area contributed by atoms with E-state index in [2.05, 4.69) is 10.6 Å². The average molecular weight is 240 g/mol. The summed E-state index contributed by atoms with van der Waals surface area (Å²) >= 11 is 0. The Bertz CT molecular complexity index is 523. The lowest BCUT2D eigenvalue weighted by molar-refractivity contribution is 0.0956. The Labute approximate surface area is 107 Å². The predicted octanol–water partition coefficient (Wildman–Crippen LogP) is 3.18. The summed E-state index contributed by atoms with van der Waals surface area (Å²) in [5.74, 6) is -0.0470. The largest absolute Gasteiger partial charge is 0.356 e. The molecule has 0 radical (unpaired) electrons. The van der Waals surface area contributed by atoms with E-state index in [-0.39, 0.29) is 5.91 Å². The van der Waals surface area contributed by atoms with E-state index in [0.29, 0.717) is 12.1 Å². The smallest absolute Gasteiger partial charge is 0.251 e. The second-order valence-electron chi connectivity index (χ2n) is 3.93. The molecule has 2 aromatic carbocycles. The molecule has 0 aliphatic rings. The third-order valence-corrected chi connectivity index (χ3v) is 2.52. The number of benzene rings is 2. The molecule has 0 aromatic heterocycles. The summed E-state index contributed by atoms with van der Waals surface area (Å²) in [7, 11) is 0. The summed E-state index contributed by atoms with van der Waals surface area (Å²) in [5, 5.41) is 6.05. The van der Waals surface area contributed by atoms with Crippen LogP contribution in [-0.4, -0.2) is 12.5 Å². The van der Waals surface area contributed by atoms with Crippen molar-refractivity contribution in [2.24, 2.45) is 0 Å². The lowest BCUT2D eigenvalue weighted by Crippen LogP contribution is -2.22. The van der Waals surface area contributed by atoms with Crippen molar-refractivity contribution in [1.29, 1.82) is 0 Å². The first-order valence-corrected chi connectivity index (χ1v) is 6.00. The molecule has 0 atom stereocenters. The lowest BCUT2D eigenvalue weighted by Gasteiger charge is -2.08. The standard InChI is InChI=1S/C15H16N2O/c1-2-16-15(18)12-7-6-10-14(11-12)17-13-8-4-3-5-9-13/h3-11,17H,2H2,1H3,(H,16,18). The van der Waals surface area contributed by atoms with Crippen molar-refractivity contribution in [2.45, 2.75) is 6.92 Å². The third-order valence-electron chi connectivity index (χ3n) is 2.52. The first-order chi connectivity index (χ1) is 8.79. The van der Waals surface area contributed by atoms with Crippen LogP contribution >= 0.6 is 0 Å².